The number of aliphatic hydroxyl groups is 1. The minimum Gasteiger partial charge on any atom is -0.396 e. The lowest BCUT2D eigenvalue weighted by molar-refractivity contribution is -0.138. The topological polar surface area (TPSA) is 35.5 Å². The van der Waals surface area contributed by atoms with Gasteiger partial charge in [0.2, 0.25) is 0 Å². The van der Waals surface area contributed by atoms with Crippen LogP contribution in [0.25, 0.3) is 0 Å². The quantitative estimate of drug-likeness (QED) is 0.625. The minimum atomic E-state index is -4.38. The summed E-state index contributed by atoms with van der Waals surface area (Å²) in [5.41, 5.74) is 1.23. The number of fused-ring (bicyclic) bond motifs is 2. The van der Waals surface area contributed by atoms with E-state index in [1.807, 2.05) is 24.3 Å². The van der Waals surface area contributed by atoms with Gasteiger partial charge in [0.05, 0.1) is 16.9 Å². The number of halogens is 3. The zero-order valence-electron chi connectivity index (χ0n) is 15.4. The number of para-hydroxylation sites is 1. The average molecular weight is 408 g/mol. The number of likely N-dealkylation sites (tertiary alicyclic amines) is 1. The molecule has 150 valence electrons. The third kappa shape index (κ3) is 4.02. The summed E-state index contributed by atoms with van der Waals surface area (Å²) in [6, 6.07) is 10.5. The van der Waals surface area contributed by atoms with Crippen molar-refractivity contribution in [2.24, 2.45) is 5.92 Å². The van der Waals surface area contributed by atoms with Gasteiger partial charge < -0.3 is 15.3 Å². The molecule has 0 unspecified atom stereocenters. The number of nitrogens with one attached hydrogen (secondary N) is 1. The van der Waals surface area contributed by atoms with Gasteiger partial charge in [-0.15, -0.1) is 0 Å². The fourth-order valence-electron chi connectivity index (χ4n) is 3.95. The van der Waals surface area contributed by atoms with Gasteiger partial charge in [0.1, 0.15) is 0 Å². The molecule has 2 heterocycles. The van der Waals surface area contributed by atoms with E-state index in [9.17, 15) is 18.3 Å². The molecule has 2 aromatic carbocycles. The Morgan fingerprint density at radius 3 is 2.54 bits per heavy atom. The molecule has 0 atom stereocenters. The molecule has 7 heteroatoms. The van der Waals surface area contributed by atoms with Crippen LogP contribution in [0, 0.1) is 5.92 Å². The molecule has 1 fully saturated rings. The van der Waals surface area contributed by atoms with E-state index in [1.165, 1.54) is 17.8 Å². The van der Waals surface area contributed by atoms with Gasteiger partial charge in [0.25, 0.3) is 0 Å². The molecule has 0 amide bonds. The lowest BCUT2D eigenvalue weighted by Gasteiger charge is -2.32. The van der Waals surface area contributed by atoms with Crippen LogP contribution in [0.2, 0.25) is 0 Å². The lowest BCUT2D eigenvalue weighted by atomic mass is 9.96. The fourth-order valence-corrected chi connectivity index (χ4v) is 4.97. The molecule has 2 aromatic rings. The Bertz CT molecular complexity index is 848. The van der Waals surface area contributed by atoms with Crippen molar-refractivity contribution in [1.29, 1.82) is 0 Å². The second-order valence-corrected chi connectivity index (χ2v) is 8.49. The maximum atomic E-state index is 13.7. The van der Waals surface area contributed by atoms with Crippen LogP contribution < -0.4 is 5.32 Å². The van der Waals surface area contributed by atoms with Crippen molar-refractivity contribution in [3.63, 3.8) is 0 Å². The number of anilines is 2. The molecule has 2 aliphatic heterocycles. The Hall–Kier alpha value is -1.70. The third-order valence-electron chi connectivity index (χ3n) is 5.59. The van der Waals surface area contributed by atoms with Crippen molar-refractivity contribution >= 4 is 23.1 Å². The molecule has 0 radical (unpaired) electrons. The monoisotopic (exact) mass is 408 g/mol. The molecule has 0 spiro atoms. The first-order chi connectivity index (χ1) is 13.5. The summed E-state index contributed by atoms with van der Waals surface area (Å²) in [5, 5.41) is 12.5. The fraction of sp³-hybridized carbons (Fsp3) is 0.429. The number of hydrogen-bond donors (Lipinski definition) is 2. The molecule has 0 aromatic heterocycles. The van der Waals surface area contributed by atoms with Crippen molar-refractivity contribution < 1.29 is 18.3 Å². The van der Waals surface area contributed by atoms with Crippen molar-refractivity contribution in [3.05, 3.63) is 47.5 Å². The van der Waals surface area contributed by atoms with Gasteiger partial charge in [0.15, 0.2) is 0 Å². The van der Waals surface area contributed by atoms with Gasteiger partial charge in [0, 0.05) is 22.9 Å². The summed E-state index contributed by atoms with van der Waals surface area (Å²) in [6.45, 7) is 2.43. The number of hydrogen-bond acceptors (Lipinski definition) is 4. The zero-order valence-corrected chi connectivity index (χ0v) is 16.2. The van der Waals surface area contributed by atoms with E-state index >= 15 is 0 Å². The van der Waals surface area contributed by atoms with E-state index in [1.54, 1.807) is 6.07 Å². The second-order valence-electron chi connectivity index (χ2n) is 7.40. The molecular weight excluding hydrogens is 385 g/mol. The second kappa shape index (κ2) is 7.97. The van der Waals surface area contributed by atoms with Gasteiger partial charge in [-0.25, -0.2) is 0 Å². The van der Waals surface area contributed by atoms with Crippen LogP contribution >= 0.6 is 11.8 Å². The Morgan fingerprint density at radius 2 is 1.82 bits per heavy atom. The Balaban J connectivity index is 1.60. The molecule has 28 heavy (non-hydrogen) atoms. The summed E-state index contributed by atoms with van der Waals surface area (Å²) in [7, 11) is 0. The van der Waals surface area contributed by atoms with Crippen molar-refractivity contribution in [1.82, 2.24) is 4.90 Å². The molecule has 1 saturated heterocycles. The number of nitrogens with zero attached hydrogens (tertiary/aromatic N) is 1. The van der Waals surface area contributed by atoms with Gasteiger partial charge in [-0.1, -0.05) is 23.9 Å². The zero-order chi connectivity index (χ0) is 19.7. The summed E-state index contributed by atoms with van der Waals surface area (Å²) < 4.78 is 41.1. The smallest absolute Gasteiger partial charge is 0.396 e. The molecule has 2 aliphatic rings. The highest BCUT2D eigenvalue weighted by Gasteiger charge is 2.36. The molecular formula is C21H23F3N2OS. The van der Waals surface area contributed by atoms with E-state index < -0.39 is 11.7 Å². The Morgan fingerprint density at radius 1 is 1.07 bits per heavy atom. The highest BCUT2D eigenvalue weighted by molar-refractivity contribution is 7.99. The van der Waals surface area contributed by atoms with E-state index in [2.05, 4.69) is 10.2 Å². The summed E-state index contributed by atoms with van der Waals surface area (Å²) >= 11 is 1.51. The Labute approximate surface area is 166 Å². The molecule has 0 bridgehead atoms. The first-order valence-corrected chi connectivity index (χ1v) is 10.4. The third-order valence-corrected chi connectivity index (χ3v) is 6.73. The number of rotatable bonds is 4. The molecule has 2 N–H and O–H groups in total. The predicted molar refractivity (Wildman–Crippen MR) is 105 cm³/mol. The van der Waals surface area contributed by atoms with Gasteiger partial charge in [-0.3, -0.25) is 0 Å². The van der Waals surface area contributed by atoms with E-state index in [0.29, 0.717) is 30.1 Å². The largest absolute Gasteiger partial charge is 0.416 e. The van der Waals surface area contributed by atoms with Gasteiger partial charge >= 0.3 is 6.18 Å². The average Bonchev–Trinajstić information content (AvgIpc) is 2.70. The maximum absolute atomic E-state index is 13.7. The van der Waals surface area contributed by atoms with Crippen LogP contribution in [0.15, 0.2) is 46.2 Å². The molecule has 3 nitrogen and oxygen atoms in total. The Kier molecular flexibility index (Phi) is 5.58. The normalized spacial score (nSPS) is 17.7. The van der Waals surface area contributed by atoms with Crippen molar-refractivity contribution in [2.45, 2.75) is 35.2 Å². The highest BCUT2D eigenvalue weighted by atomic mass is 32.2. The lowest BCUT2D eigenvalue weighted by Crippen LogP contribution is -2.36. The first-order valence-electron chi connectivity index (χ1n) is 9.56. The molecule has 0 saturated carbocycles. The maximum Gasteiger partial charge on any atom is 0.416 e. The first kappa shape index (κ1) is 19.6. The number of benzene rings is 2. The minimum absolute atomic E-state index is 0.193. The van der Waals surface area contributed by atoms with Crippen LogP contribution in [-0.2, 0) is 12.6 Å². The van der Waals surface area contributed by atoms with Crippen molar-refractivity contribution in [2.75, 3.05) is 31.6 Å². The van der Waals surface area contributed by atoms with Crippen LogP contribution in [0.5, 0.6) is 0 Å². The van der Waals surface area contributed by atoms with E-state index in [-0.39, 0.29) is 6.61 Å². The number of piperidine rings is 1. The van der Waals surface area contributed by atoms with Crippen LogP contribution in [-0.4, -0.2) is 36.2 Å². The summed E-state index contributed by atoms with van der Waals surface area (Å²) in [5.74, 6) is 0.320. The predicted octanol–water partition coefficient (Wildman–Crippen LogP) is 5.16. The van der Waals surface area contributed by atoms with Crippen LogP contribution in [0.4, 0.5) is 24.5 Å². The van der Waals surface area contributed by atoms with Crippen molar-refractivity contribution in [3.8, 4) is 0 Å². The van der Waals surface area contributed by atoms with Crippen LogP contribution in [0.1, 0.15) is 24.0 Å². The summed E-state index contributed by atoms with van der Waals surface area (Å²) in [6.07, 6.45) is -2.23. The van der Waals surface area contributed by atoms with E-state index in [0.717, 1.165) is 41.4 Å². The highest BCUT2D eigenvalue weighted by Crippen LogP contribution is 2.48. The SMILES string of the molecule is OCC1CCN(CCc2c(C(F)(F)F)ccc3c2Nc2ccccc2S3)CC1. The summed E-state index contributed by atoms with van der Waals surface area (Å²) in [4.78, 5) is 4.06. The van der Waals surface area contributed by atoms with Gasteiger partial charge in [-0.2, -0.15) is 13.2 Å². The number of alkyl halides is 3. The number of aliphatic hydroxyl groups excluding tert-OH is 1. The van der Waals surface area contributed by atoms with Gasteiger partial charge in [-0.05, 0) is 68.1 Å². The standard InChI is InChI=1S/C21H23F3N2OS/c22-21(23,24)16-5-6-19-20(25-17-3-1-2-4-18(17)28-19)15(16)9-12-26-10-7-14(13-27)8-11-26/h1-6,14,25,27H,7-13H2. The van der Waals surface area contributed by atoms with Crippen LogP contribution in [0.3, 0.4) is 0 Å². The molecule has 4 rings (SSSR count). The molecule has 0 aliphatic carbocycles. The van der Waals surface area contributed by atoms with E-state index in [4.69, 9.17) is 0 Å².